The summed E-state index contributed by atoms with van der Waals surface area (Å²) in [6.45, 7) is 5.22. The molecule has 0 amide bonds. The number of rotatable bonds is 2. The fourth-order valence-corrected chi connectivity index (χ4v) is 0.921. The molecule has 0 bridgehead atoms. The van der Waals surface area contributed by atoms with E-state index in [4.69, 9.17) is 9.84 Å². The van der Waals surface area contributed by atoms with Gasteiger partial charge in [-0.3, -0.25) is 14.9 Å². The lowest BCUT2D eigenvalue weighted by Gasteiger charge is -2.18. The average Bonchev–Trinajstić information content (AvgIpc) is 2.58. The maximum atomic E-state index is 11.2. The summed E-state index contributed by atoms with van der Waals surface area (Å²) in [5, 5.41) is 11.0. The standard InChI is InChI=1S/C8H13NO4/c1-8(2,3)13-7(12)5-4(9-5)6(10)11/h4-5,9H,1-3H3,(H,10,11)/t4-,5-/m0/s1. The number of aliphatic carboxylic acids is 1. The Morgan fingerprint density at radius 1 is 1.31 bits per heavy atom. The third kappa shape index (κ3) is 2.69. The number of esters is 1. The van der Waals surface area contributed by atoms with E-state index in [-0.39, 0.29) is 0 Å². The van der Waals surface area contributed by atoms with Crippen molar-refractivity contribution in [3.05, 3.63) is 0 Å². The maximum absolute atomic E-state index is 11.2. The molecule has 1 aliphatic heterocycles. The molecule has 5 nitrogen and oxygen atoms in total. The molecule has 74 valence electrons. The van der Waals surface area contributed by atoms with Gasteiger partial charge in [-0.2, -0.15) is 0 Å². The fourth-order valence-electron chi connectivity index (χ4n) is 0.921. The summed E-state index contributed by atoms with van der Waals surface area (Å²) >= 11 is 0. The Labute approximate surface area is 76.1 Å². The summed E-state index contributed by atoms with van der Waals surface area (Å²) in [5.74, 6) is -1.52. The number of ether oxygens (including phenoxy) is 1. The smallest absolute Gasteiger partial charge is 0.325 e. The van der Waals surface area contributed by atoms with Gasteiger partial charge in [-0.1, -0.05) is 0 Å². The van der Waals surface area contributed by atoms with Crippen LogP contribution in [0.25, 0.3) is 0 Å². The van der Waals surface area contributed by atoms with Crippen LogP contribution in [0.2, 0.25) is 0 Å². The molecule has 1 heterocycles. The van der Waals surface area contributed by atoms with Crippen LogP contribution in [0.1, 0.15) is 20.8 Å². The largest absolute Gasteiger partial charge is 0.480 e. The molecule has 13 heavy (non-hydrogen) atoms. The van der Waals surface area contributed by atoms with Crippen LogP contribution in [-0.4, -0.2) is 34.7 Å². The molecule has 0 spiro atoms. The van der Waals surface area contributed by atoms with E-state index in [2.05, 4.69) is 5.32 Å². The Morgan fingerprint density at radius 3 is 2.15 bits per heavy atom. The first-order chi connectivity index (χ1) is 5.81. The Kier molecular flexibility index (Phi) is 2.30. The molecule has 0 unspecified atom stereocenters. The van der Waals surface area contributed by atoms with Crippen molar-refractivity contribution in [2.75, 3.05) is 0 Å². The fraction of sp³-hybridized carbons (Fsp3) is 0.750. The monoisotopic (exact) mass is 187 g/mol. The normalized spacial score (nSPS) is 26.7. The van der Waals surface area contributed by atoms with Gasteiger partial charge in [0.2, 0.25) is 0 Å². The zero-order chi connectivity index (χ0) is 10.2. The number of hydrogen-bond donors (Lipinski definition) is 2. The molecule has 0 aromatic heterocycles. The maximum Gasteiger partial charge on any atom is 0.325 e. The van der Waals surface area contributed by atoms with Gasteiger partial charge in [0.15, 0.2) is 0 Å². The SMILES string of the molecule is CC(C)(C)OC(=O)[C@H]1N[C@@H]1C(=O)O. The molecule has 0 saturated carbocycles. The van der Waals surface area contributed by atoms with Crippen molar-refractivity contribution in [2.24, 2.45) is 0 Å². The van der Waals surface area contributed by atoms with Crippen molar-refractivity contribution >= 4 is 11.9 Å². The quantitative estimate of drug-likeness (QED) is 0.460. The van der Waals surface area contributed by atoms with Gasteiger partial charge in [0.1, 0.15) is 17.7 Å². The van der Waals surface area contributed by atoms with Crippen molar-refractivity contribution in [1.29, 1.82) is 0 Å². The van der Waals surface area contributed by atoms with Crippen LogP contribution in [0.5, 0.6) is 0 Å². The first-order valence-corrected chi connectivity index (χ1v) is 4.03. The number of nitrogens with one attached hydrogen (secondary N) is 1. The summed E-state index contributed by atoms with van der Waals surface area (Å²) in [6.07, 6.45) is 0. The topological polar surface area (TPSA) is 85.5 Å². The van der Waals surface area contributed by atoms with E-state index in [0.717, 1.165) is 0 Å². The lowest BCUT2D eigenvalue weighted by Crippen LogP contribution is -2.28. The molecular formula is C8H13NO4. The van der Waals surface area contributed by atoms with E-state index in [1.807, 2.05) is 0 Å². The average molecular weight is 187 g/mol. The molecule has 0 aliphatic carbocycles. The van der Waals surface area contributed by atoms with Gasteiger partial charge in [0.25, 0.3) is 0 Å². The van der Waals surface area contributed by atoms with Crippen LogP contribution in [0.15, 0.2) is 0 Å². The lowest BCUT2D eigenvalue weighted by atomic mass is 10.2. The second-order valence-electron chi connectivity index (χ2n) is 3.99. The molecule has 1 saturated heterocycles. The Balaban J connectivity index is 2.40. The Bertz CT molecular complexity index is 243. The third-order valence-electron chi connectivity index (χ3n) is 1.51. The van der Waals surface area contributed by atoms with Gasteiger partial charge >= 0.3 is 11.9 Å². The first kappa shape index (κ1) is 9.98. The molecule has 2 N–H and O–H groups in total. The molecule has 2 atom stereocenters. The molecular weight excluding hydrogens is 174 g/mol. The van der Waals surface area contributed by atoms with Crippen LogP contribution < -0.4 is 5.32 Å². The molecule has 0 radical (unpaired) electrons. The van der Waals surface area contributed by atoms with Crippen LogP contribution >= 0.6 is 0 Å². The summed E-state index contributed by atoms with van der Waals surface area (Å²) in [4.78, 5) is 21.6. The van der Waals surface area contributed by atoms with E-state index in [0.29, 0.717) is 0 Å². The van der Waals surface area contributed by atoms with Gasteiger partial charge in [-0.25, -0.2) is 0 Å². The summed E-state index contributed by atoms with van der Waals surface area (Å²) in [7, 11) is 0. The predicted molar refractivity (Wildman–Crippen MR) is 44.2 cm³/mol. The highest BCUT2D eigenvalue weighted by atomic mass is 16.6. The minimum absolute atomic E-state index is 0.500. The Hall–Kier alpha value is -1.10. The van der Waals surface area contributed by atoms with Crippen molar-refractivity contribution in [2.45, 2.75) is 38.5 Å². The number of carbonyl (C=O) groups is 2. The zero-order valence-electron chi connectivity index (χ0n) is 7.83. The molecule has 0 aromatic rings. The van der Waals surface area contributed by atoms with E-state index in [1.165, 1.54) is 0 Å². The van der Waals surface area contributed by atoms with Crippen LogP contribution in [0, 0.1) is 0 Å². The van der Waals surface area contributed by atoms with Crippen LogP contribution in [0.4, 0.5) is 0 Å². The van der Waals surface area contributed by atoms with Gasteiger partial charge in [0.05, 0.1) is 0 Å². The number of carboxylic acid groups (broad SMARTS) is 1. The van der Waals surface area contributed by atoms with E-state index in [9.17, 15) is 9.59 Å². The highest BCUT2D eigenvalue weighted by Gasteiger charge is 2.49. The number of carboxylic acids is 1. The van der Waals surface area contributed by atoms with Gasteiger partial charge in [-0.15, -0.1) is 0 Å². The first-order valence-electron chi connectivity index (χ1n) is 4.03. The van der Waals surface area contributed by atoms with Crippen molar-refractivity contribution < 1.29 is 19.4 Å². The lowest BCUT2D eigenvalue weighted by molar-refractivity contribution is -0.155. The second-order valence-corrected chi connectivity index (χ2v) is 3.99. The highest BCUT2D eigenvalue weighted by molar-refractivity contribution is 5.92. The number of hydrogen-bond acceptors (Lipinski definition) is 4. The van der Waals surface area contributed by atoms with E-state index in [1.54, 1.807) is 20.8 Å². The minimum Gasteiger partial charge on any atom is -0.480 e. The van der Waals surface area contributed by atoms with Gasteiger partial charge in [-0.05, 0) is 20.8 Å². The molecule has 1 rings (SSSR count). The Morgan fingerprint density at radius 2 is 1.85 bits per heavy atom. The number of carbonyl (C=O) groups excluding carboxylic acids is 1. The van der Waals surface area contributed by atoms with E-state index < -0.39 is 29.6 Å². The van der Waals surface area contributed by atoms with Crippen molar-refractivity contribution in [1.82, 2.24) is 5.32 Å². The minimum atomic E-state index is -1.02. The molecule has 0 aromatic carbocycles. The van der Waals surface area contributed by atoms with E-state index >= 15 is 0 Å². The van der Waals surface area contributed by atoms with Crippen molar-refractivity contribution in [3.63, 3.8) is 0 Å². The molecule has 1 aliphatic rings. The van der Waals surface area contributed by atoms with Gasteiger partial charge < -0.3 is 9.84 Å². The predicted octanol–water partition coefficient (Wildman–Crippen LogP) is -0.247. The summed E-state index contributed by atoms with van der Waals surface area (Å²) in [5.41, 5.74) is -0.565. The molecule has 5 heteroatoms. The van der Waals surface area contributed by atoms with Crippen LogP contribution in [-0.2, 0) is 14.3 Å². The summed E-state index contributed by atoms with van der Waals surface area (Å²) < 4.78 is 4.98. The molecule has 1 fully saturated rings. The zero-order valence-corrected chi connectivity index (χ0v) is 7.83. The summed E-state index contributed by atoms with van der Waals surface area (Å²) in [6, 6.07) is -1.44. The highest BCUT2D eigenvalue weighted by Crippen LogP contribution is 2.17. The second kappa shape index (κ2) is 2.99. The van der Waals surface area contributed by atoms with Crippen LogP contribution in [0.3, 0.4) is 0 Å². The van der Waals surface area contributed by atoms with Crippen molar-refractivity contribution in [3.8, 4) is 0 Å². The third-order valence-corrected chi connectivity index (χ3v) is 1.51. The van der Waals surface area contributed by atoms with Gasteiger partial charge in [0, 0.05) is 0 Å².